The molecule has 9 nitrogen and oxygen atoms in total. The Bertz CT molecular complexity index is 1220. The maximum atomic E-state index is 9.79. The van der Waals surface area contributed by atoms with Crippen LogP contribution in [-0.2, 0) is 16.5 Å². The molecule has 4 heterocycles. The summed E-state index contributed by atoms with van der Waals surface area (Å²) in [6.07, 6.45) is 4.36. The lowest BCUT2D eigenvalue weighted by molar-refractivity contribution is -0.0964. The highest BCUT2D eigenvalue weighted by Gasteiger charge is 2.41. The van der Waals surface area contributed by atoms with E-state index in [2.05, 4.69) is 31.6 Å². The van der Waals surface area contributed by atoms with Crippen molar-refractivity contribution in [1.29, 1.82) is 5.26 Å². The fourth-order valence-electron chi connectivity index (χ4n) is 5.82. The molecule has 3 aliphatic rings. The minimum atomic E-state index is 0.201. The summed E-state index contributed by atoms with van der Waals surface area (Å²) in [6, 6.07) is 10.4. The van der Waals surface area contributed by atoms with Gasteiger partial charge in [-0.25, -0.2) is 0 Å². The summed E-state index contributed by atoms with van der Waals surface area (Å²) >= 11 is 0. The molecule has 176 valence electrons. The molecule has 9 heteroatoms. The van der Waals surface area contributed by atoms with E-state index in [-0.39, 0.29) is 6.10 Å². The first kappa shape index (κ1) is 21.5. The molecular weight excluding hydrogens is 430 g/mol. The van der Waals surface area contributed by atoms with Gasteiger partial charge in [-0.2, -0.15) is 10.4 Å². The molecule has 2 unspecified atom stereocenters. The fraction of sp³-hybridized carbons (Fsp3) is 0.520. The summed E-state index contributed by atoms with van der Waals surface area (Å²) in [4.78, 5) is 2.53. The van der Waals surface area contributed by atoms with Crippen LogP contribution in [0, 0.1) is 23.2 Å². The van der Waals surface area contributed by atoms with Gasteiger partial charge in [-0.3, -0.25) is 4.68 Å². The lowest BCUT2D eigenvalue weighted by Crippen LogP contribution is -2.39. The van der Waals surface area contributed by atoms with Gasteiger partial charge in [-0.05, 0) is 42.9 Å². The number of nitriles is 1. The molecule has 1 saturated carbocycles. The van der Waals surface area contributed by atoms with Crippen molar-refractivity contribution in [2.45, 2.75) is 25.0 Å². The second kappa shape index (κ2) is 8.95. The zero-order valence-electron chi connectivity index (χ0n) is 19.4. The van der Waals surface area contributed by atoms with Gasteiger partial charge in [0.15, 0.2) is 5.82 Å². The zero-order valence-corrected chi connectivity index (χ0v) is 19.4. The Morgan fingerprint density at radius 2 is 2.00 bits per heavy atom. The highest BCUT2D eigenvalue weighted by molar-refractivity contribution is 5.83. The maximum Gasteiger partial charge on any atom is 0.166 e. The van der Waals surface area contributed by atoms with Crippen LogP contribution in [0.1, 0.15) is 18.4 Å². The van der Waals surface area contributed by atoms with E-state index < -0.39 is 0 Å². The van der Waals surface area contributed by atoms with Crippen LogP contribution in [0.2, 0.25) is 0 Å². The van der Waals surface area contributed by atoms with Crippen LogP contribution in [0.5, 0.6) is 0 Å². The number of ether oxygens (including phenoxy) is 2. The Labute approximate surface area is 198 Å². The average molecular weight is 460 g/mol. The van der Waals surface area contributed by atoms with Gasteiger partial charge in [0.05, 0.1) is 42.7 Å². The number of aryl methyl sites for hydroxylation is 1. The van der Waals surface area contributed by atoms with Gasteiger partial charge < -0.3 is 19.7 Å². The molecule has 1 N–H and O–H groups in total. The molecule has 1 aromatic carbocycles. The standard InChI is InChI=1S/C25H29N7O2/c1-31-11-20-6-16(2-3-23(20)30-31)24-9-17(10-26)25(29-28-24)27-21-7-18-12-32(13-19(18)8-21)14-22-15-33-4-5-34-22/h2-3,6,9,11,18-19,21-22H,4-5,7-8,12-15H2,1H3,(H,27,29)/t18-,19+,21?,22?. The molecule has 0 radical (unpaired) electrons. The number of hydrogen-bond acceptors (Lipinski definition) is 8. The maximum absolute atomic E-state index is 9.79. The second-order valence-electron chi connectivity index (χ2n) is 9.80. The van der Waals surface area contributed by atoms with Gasteiger partial charge in [-0.1, -0.05) is 6.07 Å². The molecule has 1 aliphatic carbocycles. The van der Waals surface area contributed by atoms with Crippen LogP contribution in [0.4, 0.5) is 5.82 Å². The van der Waals surface area contributed by atoms with Crippen LogP contribution < -0.4 is 5.32 Å². The lowest BCUT2D eigenvalue weighted by atomic mass is 10.0. The van der Waals surface area contributed by atoms with E-state index in [0.29, 0.717) is 54.8 Å². The van der Waals surface area contributed by atoms with Crippen molar-refractivity contribution in [3.63, 3.8) is 0 Å². The predicted octanol–water partition coefficient (Wildman–Crippen LogP) is 2.44. The lowest BCUT2D eigenvalue weighted by Gasteiger charge is -2.28. The molecule has 2 saturated heterocycles. The summed E-state index contributed by atoms with van der Waals surface area (Å²) in [5.41, 5.74) is 3.09. The van der Waals surface area contributed by atoms with Crippen molar-refractivity contribution in [3.8, 4) is 17.3 Å². The molecule has 4 atom stereocenters. The number of hydrogen-bond donors (Lipinski definition) is 1. The molecule has 2 aromatic heterocycles. The third-order valence-corrected chi connectivity index (χ3v) is 7.34. The van der Waals surface area contributed by atoms with Crippen LogP contribution >= 0.6 is 0 Å². The van der Waals surface area contributed by atoms with Gasteiger partial charge in [0.2, 0.25) is 0 Å². The Morgan fingerprint density at radius 3 is 2.76 bits per heavy atom. The van der Waals surface area contributed by atoms with Gasteiger partial charge in [0, 0.05) is 49.9 Å². The number of benzene rings is 1. The van der Waals surface area contributed by atoms with Crippen molar-refractivity contribution < 1.29 is 9.47 Å². The number of rotatable bonds is 5. The SMILES string of the molecule is Cn1cc2cc(-c3cc(C#N)c(NC4C[C@@H]5CN(CC6COCCO6)C[C@@H]5C4)nn3)ccc2n1. The number of likely N-dealkylation sites (tertiary alicyclic amines) is 1. The van der Waals surface area contributed by atoms with Crippen LogP contribution in [0.15, 0.2) is 30.5 Å². The summed E-state index contributed by atoms with van der Waals surface area (Å²) in [6.45, 7) is 5.30. The Balaban J connectivity index is 1.10. The molecule has 0 amide bonds. The third-order valence-electron chi connectivity index (χ3n) is 7.34. The summed E-state index contributed by atoms with van der Waals surface area (Å²) < 4.78 is 13.2. The molecule has 6 rings (SSSR count). The zero-order chi connectivity index (χ0) is 23.1. The normalized spacial score (nSPS) is 27.1. The van der Waals surface area contributed by atoms with Crippen LogP contribution in [-0.4, -0.2) is 76.5 Å². The van der Waals surface area contributed by atoms with E-state index in [1.807, 2.05) is 37.5 Å². The quantitative estimate of drug-likeness (QED) is 0.621. The summed E-state index contributed by atoms with van der Waals surface area (Å²) in [7, 11) is 1.91. The molecule has 0 spiro atoms. The highest BCUT2D eigenvalue weighted by Crippen LogP contribution is 2.39. The molecule has 2 aliphatic heterocycles. The van der Waals surface area contributed by atoms with Crippen molar-refractivity contribution in [1.82, 2.24) is 24.9 Å². The first-order chi connectivity index (χ1) is 16.6. The number of nitrogens with zero attached hydrogens (tertiary/aromatic N) is 6. The number of anilines is 1. The van der Waals surface area contributed by atoms with Gasteiger partial charge in [0.25, 0.3) is 0 Å². The minimum absolute atomic E-state index is 0.201. The first-order valence-electron chi connectivity index (χ1n) is 12.0. The summed E-state index contributed by atoms with van der Waals surface area (Å²) in [5, 5.41) is 27.6. The fourth-order valence-corrected chi connectivity index (χ4v) is 5.82. The van der Waals surface area contributed by atoms with E-state index in [1.165, 1.54) is 0 Å². The first-order valence-corrected chi connectivity index (χ1v) is 12.0. The predicted molar refractivity (Wildman–Crippen MR) is 127 cm³/mol. The summed E-state index contributed by atoms with van der Waals surface area (Å²) in [5.74, 6) is 1.93. The monoisotopic (exact) mass is 459 g/mol. The molecule has 3 fully saturated rings. The highest BCUT2D eigenvalue weighted by atomic mass is 16.6. The van der Waals surface area contributed by atoms with Gasteiger partial charge >= 0.3 is 0 Å². The van der Waals surface area contributed by atoms with Crippen LogP contribution in [0.25, 0.3) is 22.2 Å². The van der Waals surface area contributed by atoms with Crippen molar-refractivity contribution in [3.05, 3.63) is 36.0 Å². The average Bonchev–Trinajstić information content (AvgIpc) is 3.51. The number of fused-ring (bicyclic) bond motifs is 2. The van der Waals surface area contributed by atoms with E-state index in [9.17, 15) is 5.26 Å². The third kappa shape index (κ3) is 4.25. The van der Waals surface area contributed by atoms with E-state index in [0.717, 1.165) is 48.9 Å². The molecular formula is C25H29N7O2. The Morgan fingerprint density at radius 1 is 1.15 bits per heavy atom. The van der Waals surface area contributed by atoms with E-state index in [4.69, 9.17) is 9.47 Å². The van der Waals surface area contributed by atoms with Gasteiger partial charge in [-0.15, -0.1) is 10.2 Å². The molecule has 3 aromatic rings. The van der Waals surface area contributed by atoms with Crippen molar-refractivity contribution >= 4 is 16.7 Å². The van der Waals surface area contributed by atoms with Crippen LogP contribution in [0.3, 0.4) is 0 Å². The van der Waals surface area contributed by atoms with Gasteiger partial charge in [0.1, 0.15) is 6.07 Å². The smallest absolute Gasteiger partial charge is 0.166 e. The van der Waals surface area contributed by atoms with E-state index in [1.54, 1.807) is 4.68 Å². The van der Waals surface area contributed by atoms with Crippen molar-refractivity contribution in [2.75, 3.05) is 44.8 Å². The Kier molecular flexibility index (Phi) is 5.65. The second-order valence-corrected chi connectivity index (χ2v) is 9.80. The minimum Gasteiger partial charge on any atom is -0.376 e. The topological polar surface area (TPSA) is 101 Å². The van der Waals surface area contributed by atoms with Crippen molar-refractivity contribution in [2.24, 2.45) is 18.9 Å². The number of nitrogens with one attached hydrogen (secondary N) is 1. The molecule has 0 bridgehead atoms. The largest absolute Gasteiger partial charge is 0.376 e. The molecule has 34 heavy (non-hydrogen) atoms. The van der Waals surface area contributed by atoms with E-state index >= 15 is 0 Å². The number of aromatic nitrogens is 4. The Hall–Kier alpha value is -3.06.